The molecule has 0 radical (unpaired) electrons. The van der Waals surface area contributed by atoms with E-state index in [2.05, 4.69) is 18.8 Å². The van der Waals surface area contributed by atoms with Gasteiger partial charge in [0.2, 0.25) is 0 Å². The summed E-state index contributed by atoms with van der Waals surface area (Å²) in [6.45, 7) is 8.55. The van der Waals surface area contributed by atoms with Gasteiger partial charge in [-0.1, -0.05) is 6.58 Å². The van der Waals surface area contributed by atoms with Crippen LogP contribution in [0.4, 0.5) is 0 Å². The van der Waals surface area contributed by atoms with E-state index in [4.69, 9.17) is 4.74 Å². The zero-order valence-electron chi connectivity index (χ0n) is 8.35. The summed E-state index contributed by atoms with van der Waals surface area (Å²) >= 11 is 0. The lowest BCUT2D eigenvalue weighted by Gasteiger charge is -2.11. The second-order valence-corrected chi connectivity index (χ2v) is 3.74. The Hall–Kier alpha value is -0.830. The normalized spacial score (nSPS) is 18.0. The van der Waals surface area contributed by atoms with Crippen LogP contribution in [0, 0.1) is 0 Å². The van der Waals surface area contributed by atoms with Gasteiger partial charge in [0.1, 0.15) is 0 Å². The molecule has 0 unspecified atom stereocenters. The molecule has 0 aromatic heterocycles. The van der Waals surface area contributed by atoms with Gasteiger partial charge < -0.3 is 10.1 Å². The maximum Gasteiger partial charge on any atom is 0.334 e. The maximum atomic E-state index is 11.1. The first-order valence-electron chi connectivity index (χ1n) is 4.67. The quantitative estimate of drug-likeness (QED) is 0.515. The minimum atomic E-state index is -0.292. The molecule has 1 aliphatic carbocycles. The summed E-state index contributed by atoms with van der Waals surface area (Å²) in [5, 5.41) is 3.27. The number of hydrogen-bond donors (Lipinski definition) is 1. The molecule has 1 rings (SSSR count). The molecule has 3 nitrogen and oxygen atoms in total. The van der Waals surface area contributed by atoms with Gasteiger partial charge >= 0.3 is 5.97 Å². The first kappa shape index (κ1) is 10.3. The van der Waals surface area contributed by atoms with Crippen molar-refractivity contribution in [2.24, 2.45) is 0 Å². The van der Waals surface area contributed by atoms with Gasteiger partial charge in [-0.3, -0.25) is 0 Å². The standard InChI is InChI=1S/C10H17NO2/c1-4-13-9(12)8(2)7-11-10(3)5-6-10/h11H,2,4-7H2,1,3H3. The molecule has 0 aromatic rings. The second kappa shape index (κ2) is 3.92. The number of carbonyl (C=O) groups excluding carboxylic acids is 1. The van der Waals surface area contributed by atoms with E-state index < -0.39 is 0 Å². The summed E-state index contributed by atoms with van der Waals surface area (Å²) in [5.41, 5.74) is 0.755. The average molecular weight is 183 g/mol. The monoisotopic (exact) mass is 183 g/mol. The Kier molecular flexibility index (Phi) is 3.09. The molecule has 1 N–H and O–H groups in total. The Labute approximate surface area is 79.2 Å². The van der Waals surface area contributed by atoms with Crippen molar-refractivity contribution in [3.05, 3.63) is 12.2 Å². The molecule has 0 spiro atoms. The Balaban J connectivity index is 2.20. The molecular formula is C10H17NO2. The fourth-order valence-corrected chi connectivity index (χ4v) is 0.990. The largest absolute Gasteiger partial charge is 0.463 e. The van der Waals surface area contributed by atoms with Gasteiger partial charge in [0.25, 0.3) is 0 Å². The predicted octanol–water partition coefficient (Wildman–Crippen LogP) is 1.25. The van der Waals surface area contributed by atoms with Crippen LogP contribution in [-0.4, -0.2) is 24.7 Å². The fourth-order valence-electron chi connectivity index (χ4n) is 0.990. The van der Waals surface area contributed by atoms with E-state index in [0.717, 1.165) is 0 Å². The van der Waals surface area contributed by atoms with Crippen molar-refractivity contribution in [1.82, 2.24) is 5.32 Å². The lowest BCUT2D eigenvalue weighted by atomic mass is 10.2. The zero-order chi connectivity index (χ0) is 9.90. The highest BCUT2D eigenvalue weighted by atomic mass is 16.5. The average Bonchev–Trinajstić information content (AvgIpc) is 2.81. The highest BCUT2D eigenvalue weighted by Gasteiger charge is 2.36. The van der Waals surface area contributed by atoms with Crippen LogP contribution in [0.1, 0.15) is 26.7 Å². The zero-order valence-corrected chi connectivity index (χ0v) is 8.35. The first-order valence-corrected chi connectivity index (χ1v) is 4.67. The third-order valence-electron chi connectivity index (χ3n) is 2.29. The van der Waals surface area contributed by atoms with E-state index in [1.165, 1.54) is 12.8 Å². The van der Waals surface area contributed by atoms with Crippen molar-refractivity contribution in [1.29, 1.82) is 0 Å². The molecule has 1 fully saturated rings. The summed E-state index contributed by atoms with van der Waals surface area (Å²) < 4.78 is 4.81. The number of hydrogen-bond acceptors (Lipinski definition) is 3. The molecule has 0 aromatic carbocycles. The summed E-state index contributed by atoms with van der Waals surface area (Å²) in [6, 6.07) is 0. The minimum absolute atomic E-state index is 0.245. The molecule has 0 aliphatic heterocycles. The van der Waals surface area contributed by atoms with Gasteiger partial charge in [0.05, 0.1) is 6.61 Å². The van der Waals surface area contributed by atoms with Gasteiger partial charge in [-0.05, 0) is 26.7 Å². The molecule has 3 heteroatoms. The van der Waals surface area contributed by atoms with Gasteiger partial charge in [0.15, 0.2) is 0 Å². The maximum absolute atomic E-state index is 11.1. The molecule has 1 saturated carbocycles. The molecule has 13 heavy (non-hydrogen) atoms. The Morgan fingerprint density at radius 2 is 2.23 bits per heavy atom. The van der Waals surface area contributed by atoms with Crippen LogP contribution in [-0.2, 0) is 9.53 Å². The van der Waals surface area contributed by atoms with Crippen LogP contribution in [0.2, 0.25) is 0 Å². The third-order valence-corrected chi connectivity index (χ3v) is 2.29. The number of esters is 1. The Morgan fingerprint density at radius 3 is 2.69 bits per heavy atom. The first-order chi connectivity index (χ1) is 6.07. The molecule has 0 saturated heterocycles. The number of nitrogens with one attached hydrogen (secondary N) is 1. The Morgan fingerprint density at radius 1 is 1.62 bits per heavy atom. The molecule has 1 aliphatic rings. The third kappa shape index (κ3) is 3.19. The van der Waals surface area contributed by atoms with Crippen molar-refractivity contribution in [3.8, 4) is 0 Å². The van der Waals surface area contributed by atoms with Crippen LogP contribution < -0.4 is 5.32 Å². The van der Waals surface area contributed by atoms with Gasteiger partial charge in [-0.15, -0.1) is 0 Å². The van der Waals surface area contributed by atoms with Crippen LogP contribution in [0.15, 0.2) is 12.2 Å². The van der Waals surface area contributed by atoms with E-state index in [1.54, 1.807) is 6.92 Å². The molecule has 0 atom stereocenters. The summed E-state index contributed by atoms with van der Waals surface area (Å²) in [5.74, 6) is -0.292. The highest BCUT2D eigenvalue weighted by molar-refractivity contribution is 5.88. The fraction of sp³-hybridized carbons (Fsp3) is 0.700. The smallest absolute Gasteiger partial charge is 0.334 e. The van der Waals surface area contributed by atoms with Crippen LogP contribution in [0.25, 0.3) is 0 Å². The number of rotatable bonds is 5. The lowest BCUT2D eigenvalue weighted by molar-refractivity contribution is -0.138. The van der Waals surface area contributed by atoms with Crippen LogP contribution in [0.3, 0.4) is 0 Å². The second-order valence-electron chi connectivity index (χ2n) is 3.74. The predicted molar refractivity (Wildman–Crippen MR) is 51.4 cm³/mol. The molecule has 0 heterocycles. The SMILES string of the molecule is C=C(CNC1(C)CC1)C(=O)OCC. The highest BCUT2D eigenvalue weighted by Crippen LogP contribution is 2.34. The summed E-state index contributed by atoms with van der Waals surface area (Å²) in [4.78, 5) is 11.1. The van der Waals surface area contributed by atoms with Gasteiger partial charge in [0, 0.05) is 17.7 Å². The molecule has 74 valence electrons. The van der Waals surface area contributed by atoms with Crippen LogP contribution >= 0.6 is 0 Å². The van der Waals surface area contributed by atoms with E-state index >= 15 is 0 Å². The van der Waals surface area contributed by atoms with Crippen molar-refractivity contribution >= 4 is 5.97 Å². The van der Waals surface area contributed by atoms with Crippen molar-refractivity contribution in [2.75, 3.05) is 13.2 Å². The minimum Gasteiger partial charge on any atom is -0.463 e. The summed E-state index contributed by atoms with van der Waals surface area (Å²) in [6.07, 6.45) is 2.37. The van der Waals surface area contributed by atoms with Gasteiger partial charge in [-0.2, -0.15) is 0 Å². The van der Waals surface area contributed by atoms with Crippen molar-refractivity contribution < 1.29 is 9.53 Å². The van der Waals surface area contributed by atoms with Gasteiger partial charge in [-0.25, -0.2) is 4.79 Å². The topological polar surface area (TPSA) is 38.3 Å². The number of ether oxygens (including phenoxy) is 1. The molecular weight excluding hydrogens is 166 g/mol. The van der Waals surface area contributed by atoms with Crippen molar-refractivity contribution in [3.63, 3.8) is 0 Å². The van der Waals surface area contributed by atoms with Crippen molar-refractivity contribution in [2.45, 2.75) is 32.2 Å². The van der Waals surface area contributed by atoms with E-state index in [9.17, 15) is 4.79 Å². The molecule has 0 amide bonds. The lowest BCUT2D eigenvalue weighted by Crippen LogP contribution is -2.31. The number of carbonyl (C=O) groups is 1. The Bertz CT molecular complexity index is 219. The van der Waals surface area contributed by atoms with E-state index in [1.807, 2.05) is 0 Å². The van der Waals surface area contributed by atoms with Crippen LogP contribution in [0.5, 0.6) is 0 Å². The summed E-state index contributed by atoms with van der Waals surface area (Å²) in [7, 11) is 0. The molecule has 0 bridgehead atoms. The van der Waals surface area contributed by atoms with E-state index in [-0.39, 0.29) is 11.5 Å². The van der Waals surface area contributed by atoms with E-state index in [0.29, 0.717) is 18.7 Å².